The van der Waals surface area contributed by atoms with E-state index in [0.717, 1.165) is 25.3 Å². The number of halogens is 1. The first-order valence-corrected chi connectivity index (χ1v) is 8.68. The van der Waals surface area contributed by atoms with Crippen molar-refractivity contribution in [2.24, 2.45) is 11.8 Å². The first-order chi connectivity index (χ1) is 11.9. The van der Waals surface area contributed by atoms with Gasteiger partial charge in [-0.3, -0.25) is 4.79 Å². The minimum absolute atomic E-state index is 0.0675. The van der Waals surface area contributed by atoms with Gasteiger partial charge in [0.15, 0.2) is 0 Å². The molecule has 0 spiro atoms. The highest BCUT2D eigenvalue weighted by molar-refractivity contribution is 5.92. The van der Waals surface area contributed by atoms with E-state index in [1.165, 1.54) is 6.08 Å². The van der Waals surface area contributed by atoms with Crippen molar-refractivity contribution in [2.45, 2.75) is 44.2 Å². The molecule has 0 radical (unpaired) electrons. The second kappa shape index (κ2) is 7.39. The van der Waals surface area contributed by atoms with Gasteiger partial charge in [0.1, 0.15) is 11.9 Å². The van der Waals surface area contributed by atoms with Gasteiger partial charge in [-0.15, -0.1) is 0 Å². The van der Waals surface area contributed by atoms with E-state index in [1.54, 1.807) is 6.08 Å². The summed E-state index contributed by atoms with van der Waals surface area (Å²) in [4.78, 5) is 22.6. The summed E-state index contributed by atoms with van der Waals surface area (Å²) in [5, 5.41) is 24.9. The van der Waals surface area contributed by atoms with Crippen LogP contribution in [0.4, 0.5) is 4.39 Å². The monoisotopic (exact) mass is 350 g/mol. The van der Waals surface area contributed by atoms with E-state index in [9.17, 15) is 24.2 Å². The van der Waals surface area contributed by atoms with Gasteiger partial charge < -0.3 is 20.8 Å². The van der Waals surface area contributed by atoms with Gasteiger partial charge >= 0.3 is 11.9 Å². The molecule has 4 N–H and O–H groups in total. The zero-order valence-electron chi connectivity index (χ0n) is 13.9. The standard InChI is InChI=1S/C18H23FN2O4/c19-12-2-1-3-15(14(8-12)17(22)23)21-13-5-4-10-9-20-16(18(24)25)7-11(10)6-13/h2-3,8,10-11,13,16,20-21H,1,4-7,9H2,(H,22,23)(H,24,25)/t10?,11?,13-,16?/m0/s1. The average Bonchev–Trinajstić information content (AvgIpc) is 2.76. The molecule has 0 aromatic carbocycles. The van der Waals surface area contributed by atoms with Crippen molar-refractivity contribution in [3.63, 3.8) is 0 Å². The molecule has 2 fully saturated rings. The molecule has 1 saturated carbocycles. The molecule has 1 heterocycles. The molecule has 1 aliphatic heterocycles. The summed E-state index contributed by atoms with van der Waals surface area (Å²) in [7, 11) is 0. The molecule has 0 aromatic heterocycles. The van der Waals surface area contributed by atoms with E-state index < -0.39 is 23.8 Å². The number of nitrogens with one attached hydrogen (secondary N) is 2. The molecule has 3 aliphatic rings. The van der Waals surface area contributed by atoms with Crippen molar-refractivity contribution in [1.82, 2.24) is 10.6 Å². The lowest BCUT2D eigenvalue weighted by atomic mass is 9.72. The minimum atomic E-state index is -1.16. The number of carboxylic acid groups (broad SMARTS) is 2. The van der Waals surface area contributed by atoms with Crippen molar-refractivity contribution in [3.05, 3.63) is 35.3 Å². The highest BCUT2D eigenvalue weighted by Crippen LogP contribution is 2.36. The Morgan fingerprint density at radius 2 is 1.96 bits per heavy atom. The van der Waals surface area contributed by atoms with Gasteiger partial charge in [-0.1, -0.05) is 6.08 Å². The van der Waals surface area contributed by atoms with E-state index in [-0.39, 0.29) is 11.6 Å². The largest absolute Gasteiger partial charge is 0.480 e. The number of hydrogen-bond acceptors (Lipinski definition) is 4. The Kier molecular flexibility index (Phi) is 5.22. The lowest BCUT2D eigenvalue weighted by Crippen LogP contribution is -2.51. The number of aliphatic carboxylic acids is 2. The predicted octanol–water partition coefficient (Wildman–Crippen LogP) is 1.96. The van der Waals surface area contributed by atoms with E-state index in [0.29, 0.717) is 36.9 Å². The van der Waals surface area contributed by atoms with Gasteiger partial charge in [0.25, 0.3) is 0 Å². The molecule has 4 atom stereocenters. The maximum atomic E-state index is 13.5. The molecular weight excluding hydrogens is 327 g/mol. The van der Waals surface area contributed by atoms with Crippen LogP contribution in [0.3, 0.4) is 0 Å². The van der Waals surface area contributed by atoms with Crippen LogP contribution in [0.5, 0.6) is 0 Å². The van der Waals surface area contributed by atoms with Gasteiger partial charge in [-0.05, 0) is 62.6 Å². The number of carboxylic acids is 2. The Bertz CT molecular complexity index is 655. The van der Waals surface area contributed by atoms with Crippen LogP contribution in [0.15, 0.2) is 35.3 Å². The van der Waals surface area contributed by atoms with Gasteiger partial charge in [0.05, 0.1) is 5.57 Å². The summed E-state index contributed by atoms with van der Waals surface area (Å²) in [6.07, 6.45) is 7.68. The number of fused-ring (bicyclic) bond motifs is 1. The topological polar surface area (TPSA) is 98.7 Å². The van der Waals surface area contributed by atoms with Gasteiger partial charge in [-0.2, -0.15) is 0 Å². The Labute approximate surface area is 145 Å². The van der Waals surface area contributed by atoms with Gasteiger partial charge in [-0.25, -0.2) is 9.18 Å². The van der Waals surface area contributed by atoms with E-state index in [1.807, 2.05) is 0 Å². The highest BCUT2D eigenvalue weighted by atomic mass is 19.1. The van der Waals surface area contributed by atoms with Crippen LogP contribution >= 0.6 is 0 Å². The third-order valence-electron chi connectivity index (χ3n) is 5.40. The van der Waals surface area contributed by atoms with Crippen molar-refractivity contribution >= 4 is 11.9 Å². The molecule has 1 saturated heterocycles. The van der Waals surface area contributed by atoms with Crippen LogP contribution in [0.1, 0.15) is 32.1 Å². The lowest BCUT2D eigenvalue weighted by molar-refractivity contribution is -0.141. The molecular formula is C18H23FN2O4. The van der Waals surface area contributed by atoms with Gasteiger partial charge in [0.2, 0.25) is 0 Å². The quantitative estimate of drug-likeness (QED) is 0.619. The van der Waals surface area contributed by atoms with E-state index in [4.69, 9.17) is 0 Å². The van der Waals surface area contributed by atoms with Crippen LogP contribution in [-0.4, -0.2) is 40.8 Å². The number of rotatable bonds is 4. The van der Waals surface area contributed by atoms with Crippen LogP contribution in [0, 0.1) is 11.8 Å². The summed E-state index contributed by atoms with van der Waals surface area (Å²) in [6.45, 7) is 0.715. The minimum Gasteiger partial charge on any atom is -0.480 e. The predicted molar refractivity (Wildman–Crippen MR) is 89.4 cm³/mol. The highest BCUT2D eigenvalue weighted by Gasteiger charge is 2.38. The van der Waals surface area contributed by atoms with Crippen molar-refractivity contribution in [3.8, 4) is 0 Å². The molecule has 25 heavy (non-hydrogen) atoms. The van der Waals surface area contributed by atoms with Crippen molar-refractivity contribution in [2.75, 3.05) is 6.54 Å². The maximum absolute atomic E-state index is 13.5. The summed E-state index contributed by atoms with van der Waals surface area (Å²) >= 11 is 0. The molecule has 0 amide bonds. The van der Waals surface area contributed by atoms with Crippen LogP contribution < -0.4 is 10.6 Å². The second-order valence-electron chi connectivity index (χ2n) is 7.01. The summed E-state index contributed by atoms with van der Waals surface area (Å²) in [5.41, 5.74) is 0.380. The fourth-order valence-electron chi connectivity index (χ4n) is 4.09. The first-order valence-electron chi connectivity index (χ1n) is 8.68. The summed E-state index contributed by atoms with van der Waals surface area (Å²) in [6, 6.07) is -0.436. The molecule has 7 heteroatoms. The SMILES string of the molecule is O=C(O)C1=CC(F)=CCC=C1N[C@H]1CCC2CNC(C(=O)O)CC2C1. The Hall–Kier alpha value is -2.15. The summed E-state index contributed by atoms with van der Waals surface area (Å²) < 4.78 is 13.5. The third-order valence-corrected chi connectivity index (χ3v) is 5.40. The number of hydrogen-bond donors (Lipinski definition) is 4. The van der Waals surface area contributed by atoms with Crippen LogP contribution in [0.2, 0.25) is 0 Å². The van der Waals surface area contributed by atoms with Crippen LogP contribution in [-0.2, 0) is 9.59 Å². The lowest BCUT2D eigenvalue weighted by Gasteiger charge is -2.42. The molecule has 2 aliphatic carbocycles. The molecule has 136 valence electrons. The normalized spacial score (nSPS) is 32.4. The fraction of sp³-hybridized carbons (Fsp3) is 0.556. The molecule has 0 bridgehead atoms. The van der Waals surface area contributed by atoms with E-state index in [2.05, 4.69) is 10.6 Å². The third kappa shape index (κ3) is 4.10. The molecule has 6 nitrogen and oxygen atoms in total. The number of carbonyl (C=O) groups is 2. The van der Waals surface area contributed by atoms with E-state index >= 15 is 0 Å². The smallest absolute Gasteiger partial charge is 0.337 e. The van der Waals surface area contributed by atoms with Gasteiger partial charge in [0, 0.05) is 11.7 Å². The average molecular weight is 350 g/mol. The summed E-state index contributed by atoms with van der Waals surface area (Å²) in [5.74, 6) is -1.77. The van der Waals surface area contributed by atoms with Crippen LogP contribution in [0.25, 0.3) is 0 Å². The maximum Gasteiger partial charge on any atom is 0.337 e. The molecule has 0 aromatic rings. The Balaban J connectivity index is 1.67. The zero-order chi connectivity index (χ0) is 18.0. The first kappa shape index (κ1) is 17.7. The second-order valence-corrected chi connectivity index (χ2v) is 7.01. The number of piperidine rings is 1. The molecule has 3 rings (SSSR count). The van der Waals surface area contributed by atoms with Crippen molar-refractivity contribution in [1.29, 1.82) is 0 Å². The fourth-order valence-corrected chi connectivity index (χ4v) is 4.09. The number of allylic oxidation sites excluding steroid dienone is 4. The Morgan fingerprint density at radius 1 is 1.16 bits per heavy atom. The zero-order valence-corrected chi connectivity index (χ0v) is 13.9. The molecule has 3 unspecified atom stereocenters. The Morgan fingerprint density at radius 3 is 2.68 bits per heavy atom. The van der Waals surface area contributed by atoms with Crippen molar-refractivity contribution < 1.29 is 24.2 Å².